The fourth-order valence-corrected chi connectivity index (χ4v) is 4.60. The Morgan fingerprint density at radius 2 is 1.66 bits per heavy atom. The van der Waals surface area contributed by atoms with Gasteiger partial charge in [0.15, 0.2) is 0 Å². The first-order valence-electron chi connectivity index (χ1n) is 11.3. The molecule has 0 radical (unpaired) electrons. The highest BCUT2D eigenvalue weighted by Gasteiger charge is 2.41. The second kappa shape index (κ2) is 9.84. The number of halogens is 1. The largest absolute Gasteiger partial charge is 0.437 e. The lowest BCUT2D eigenvalue weighted by atomic mass is 9.85. The van der Waals surface area contributed by atoms with Crippen LogP contribution in [-0.4, -0.2) is 60.6 Å². The summed E-state index contributed by atoms with van der Waals surface area (Å²) >= 11 is 0. The molecule has 2 aliphatic heterocycles. The second-order valence-electron chi connectivity index (χ2n) is 8.88. The van der Waals surface area contributed by atoms with Crippen molar-refractivity contribution in [2.75, 3.05) is 39.8 Å². The Balaban J connectivity index is 1.46. The minimum Gasteiger partial charge on any atom is -0.437 e. The number of ether oxygens (including phenoxy) is 1. The van der Waals surface area contributed by atoms with Crippen LogP contribution in [0.5, 0.6) is 0 Å². The highest BCUT2D eigenvalue weighted by Crippen LogP contribution is 2.38. The molecule has 0 aliphatic carbocycles. The van der Waals surface area contributed by atoms with Crippen LogP contribution >= 0.6 is 0 Å². The van der Waals surface area contributed by atoms with Crippen molar-refractivity contribution in [1.29, 1.82) is 0 Å². The van der Waals surface area contributed by atoms with E-state index in [9.17, 15) is 9.18 Å². The van der Waals surface area contributed by atoms with E-state index in [0.29, 0.717) is 25.9 Å². The van der Waals surface area contributed by atoms with E-state index in [1.807, 2.05) is 6.07 Å². The highest BCUT2D eigenvalue weighted by atomic mass is 19.1. The lowest BCUT2D eigenvalue weighted by Crippen LogP contribution is -2.47. The van der Waals surface area contributed by atoms with Gasteiger partial charge in [-0.25, -0.2) is 9.18 Å². The van der Waals surface area contributed by atoms with E-state index in [4.69, 9.17) is 4.74 Å². The molecule has 1 atom stereocenters. The van der Waals surface area contributed by atoms with Crippen molar-refractivity contribution in [1.82, 2.24) is 14.7 Å². The number of carbonyl (C=O) groups excluding carboxylic acids is 1. The van der Waals surface area contributed by atoms with Crippen LogP contribution < -0.4 is 0 Å². The van der Waals surface area contributed by atoms with Gasteiger partial charge in [0, 0.05) is 58.7 Å². The van der Waals surface area contributed by atoms with Gasteiger partial charge in [0.05, 0.1) is 0 Å². The van der Waals surface area contributed by atoms with Crippen molar-refractivity contribution in [2.24, 2.45) is 0 Å². The summed E-state index contributed by atoms with van der Waals surface area (Å²) in [7, 11) is 2.16. The molecule has 1 amide bonds. The van der Waals surface area contributed by atoms with Crippen LogP contribution in [0.25, 0.3) is 0 Å². The van der Waals surface area contributed by atoms with Gasteiger partial charge in [-0.1, -0.05) is 42.5 Å². The molecule has 4 rings (SSSR count). The smallest absolute Gasteiger partial charge is 0.410 e. The summed E-state index contributed by atoms with van der Waals surface area (Å²) in [4.78, 5) is 19.6. The number of nitrogens with zero attached hydrogens (tertiary/aromatic N) is 3. The maximum Gasteiger partial charge on any atom is 0.410 e. The number of cyclic esters (lactones) is 1. The third-order valence-corrected chi connectivity index (χ3v) is 6.64. The number of rotatable bonds is 7. The predicted molar refractivity (Wildman–Crippen MR) is 124 cm³/mol. The van der Waals surface area contributed by atoms with Gasteiger partial charge in [-0.05, 0) is 35.9 Å². The minimum absolute atomic E-state index is 0.303. The fraction of sp³-hybridized carbons (Fsp3) is 0.423. The molecular weight excluding hydrogens is 405 g/mol. The standard InChI is InChI=1S/C26H32FN3O2/c1-3-12-26(23-8-10-24(27)11-9-23)13-14-30(25(31)32-26)20-22-7-5-4-6-21(22)19-29-17-15-28(2)16-18-29/h3-11H,1,12-20H2,2H3. The molecule has 2 aliphatic rings. The Hall–Kier alpha value is -2.70. The van der Waals surface area contributed by atoms with Gasteiger partial charge in [-0.3, -0.25) is 4.90 Å². The molecule has 2 fully saturated rings. The van der Waals surface area contributed by atoms with Crippen LogP contribution in [0.4, 0.5) is 9.18 Å². The first kappa shape index (κ1) is 22.5. The number of benzene rings is 2. The lowest BCUT2D eigenvalue weighted by molar-refractivity contribution is -0.0529. The number of likely N-dealkylation sites (N-methyl/N-ethyl adjacent to an activating group) is 1. The molecule has 0 aromatic heterocycles. The van der Waals surface area contributed by atoms with E-state index < -0.39 is 5.60 Å². The zero-order valence-electron chi connectivity index (χ0n) is 18.8. The van der Waals surface area contributed by atoms with Gasteiger partial charge < -0.3 is 14.5 Å². The number of hydrogen-bond acceptors (Lipinski definition) is 4. The van der Waals surface area contributed by atoms with Crippen molar-refractivity contribution in [2.45, 2.75) is 31.5 Å². The number of carbonyl (C=O) groups is 1. The molecule has 1 unspecified atom stereocenters. The Morgan fingerprint density at radius 1 is 1.00 bits per heavy atom. The number of hydrogen-bond donors (Lipinski definition) is 0. The molecule has 2 aromatic carbocycles. The summed E-state index contributed by atoms with van der Waals surface area (Å²) in [6.07, 6.45) is 2.56. The van der Waals surface area contributed by atoms with Crippen LogP contribution in [0.2, 0.25) is 0 Å². The molecule has 0 spiro atoms. The molecule has 2 aromatic rings. The van der Waals surface area contributed by atoms with E-state index in [2.05, 4.69) is 41.6 Å². The zero-order valence-corrected chi connectivity index (χ0v) is 18.8. The van der Waals surface area contributed by atoms with Gasteiger partial charge in [-0.15, -0.1) is 6.58 Å². The molecule has 0 bridgehead atoms. The molecule has 2 heterocycles. The van der Waals surface area contributed by atoms with Crippen LogP contribution in [0.3, 0.4) is 0 Å². The van der Waals surface area contributed by atoms with Crippen molar-refractivity contribution < 1.29 is 13.9 Å². The average molecular weight is 438 g/mol. The Morgan fingerprint density at radius 3 is 2.28 bits per heavy atom. The van der Waals surface area contributed by atoms with Gasteiger partial charge in [-0.2, -0.15) is 0 Å². The summed E-state index contributed by atoms with van der Waals surface area (Å²) in [5, 5.41) is 0. The summed E-state index contributed by atoms with van der Waals surface area (Å²) in [5.74, 6) is -0.303. The maximum absolute atomic E-state index is 13.4. The summed E-state index contributed by atoms with van der Waals surface area (Å²) < 4.78 is 19.4. The van der Waals surface area contributed by atoms with Crippen molar-refractivity contribution in [3.63, 3.8) is 0 Å². The minimum atomic E-state index is -0.789. The lowest BCUT2D eigenvalue weighted by Gasteiger charge is -2.41. The van der Waals surface area contributed by atoms with Gasteiger partial charge in [0.1, 0.15) is 11.4 Å². The highest BCUT2D eigenvalue weighted by molar-refractivity contribution is 5.69. The van der Waals surface area contributed by atoms with Crippen LogP contribution in [0, 0.1) is 5.82 Å². The van der Waals surface area contributed by atoms with Gasteiger partial charge in [0.25, 0.3) is 0 Å². The van der Waals surface area contributed by atoms with Crippen molar-refractivity contribution >= 4 is 6.09 Å². The monoisotopic (exact) mass is 437 g/mol. The quantitative estimate of drug-likeness (QED) is 0.602. The molecule has 2 saturated heterocycles. The normalized spacial score (nSPS) is 22.6. The molecule has 0 saturated carbocycles. The van der Waals surface area contributed by atoms with Crippen molar-refractivity contribution in [3.05, 3.63) is 83.7 Å². The average Bonchev–Trinajstić information content (AvgIpc) is 2.79. The molecule has 32 heavy (non-hydrogen) atoms. The van der Waals surface area contributed by atoms with Crippen LogP contribution in [0.1, 0.15) is 29.5 Å². The summed E-state index contributed by atoms with van der Waals surface area (Å²) in [6, 6.07) is 14.6. The van der Waals surface area contributed by atoms with E-state index in [0.717, 1.165) is 43.9 Å². The Bertz CT molecular complexity index is 940. The Kier molecular flexibility index (Phi) is 6.92. The molecule has 6 heteroatoms. The topological polar surface area (TPSA) is 36.0 Å². The van der Waals surface area contributed by atoms with E-state index in [1.165, 1.54) is 17.7 Å². The number of amides is 1. The third-order valence-electron chi connectivity index (χ3n) is 6.64. The summed E-state index contributed by atoms with van der Waals surface area (Å²) in [6.45, 7) is 10.1. The fourth-order valence-electron chi connectivity index (χ4n) is 4.60. The molecular formula is C26H32FN3O2. The molecule has 5 nitrogen and oxygen atoms in total. The first-order valence-corrected chi connectivity index (χ1v) is 11.3. The third kappa shape index (κ3) is 5.03. The van der Waals surface area contributed by atoms with Crippen LogP contribution in [0.15, 0.2) is 61.2 Å². The summed E-state index contributed by atoms with van der Waals surface area (Å²) in [5.41, 5.74) is 2.43. The molecule has 170 valence electrons. The maximum atomic E-state index is 13.4. The van der Waals surface area contributed by atoms with Crippen molar-refractivity contribution in [3.8, 4) is 0 Å². The van der Waals surface area contributed by atoms with Gasteiger partial charge >= 0.3 is 6.09 Å². The second-order valence-corrected chi connectivity index (χ2v) is 8.88. The number of piperazine rings is 1. The van der Waals surface area contributed by atoms with Crippen LogP contribution in [-0.2, 0) is 23.4 Å². The van der Waals surface area contributed by atoms with E-state index >= 15 is 0 Å². The van der Waals surface area contributed by atoms with Gasteiger partial charge in [0.2, 0.25) is 0 Å². The van der Waals surface area contributed by atoms with E-state index in [-0.39, 0.29) is 11.9 Å². The SMILES string of the molecule is C=CCC1(c2ccc(F)cc2)CCN(Cc2ccccc2CN2CCN(C)CC2)C(=O)O1. The Labute approximate surface area is 190 Å². The zero-order chi connectivity index (χ0) is 22.6. The first-order chi connectivity index (χ1) is 15.5. The van der Waals surface area contributed by atoms with E-state index in [1.54, 1.807) is 23.1 Å². The predicted octanol–water partition coefficient (Wildman–Crippen LogP) is 4.39. The molecule has 0 N–H and O–H groups in total.